The molecule has 1 aromatic heterocycles. The van der Waals surface area contributed by atoms with Crippen LogP contribution in [0.25, 0.3) is 0 Å². The first-order valence-electron chi connectivity index (χ1n) is 6.65. The van der Waals surface area contributed by atoms with Gasteiger partial charge in [-0.2, -0.15) is 11.3 Å². The van der Waals surface area contributed by atoms with Gasteiger partial charge in [-0.05, 0) is 45.4 Å². The lowest BCUT2D eigenvalue weighted by Crippen LogP contribution is -2.40. The summed E-state index contributed by atoms with van der Waals surface area (Å²) in [7, 11) is -1.64. The fourth-order valence-corrected chi connectivity index (χ4v) is 3.59. The topological polar surface area (TPSA) is 9.23 Å². The van der Waals surface area contributed by atoms with Gasteiger partial charge in [-0.3, -0.25) is 0 Å². The fourth-order valence-electron chi connectivity index (χ4n) is 1.57. The Bertz CT molecular complexity index is 393. The molecule has 0 unspecified atom stereocenters. The standard InChI is InChI=1S/C15H28OSSi/c1-14(2,3)13-11-17-10-12(13)9-16-18(7,8)15(4,5)6/h10-11H,9H2,1-8H3. The lowest BCUT2D eigenvalue weighted by atomic mass is 9.87. The van der Waals surface area contributed by atoms with Gasteiger partial charge in [-0.15, -0.1) is 0 Å². The van der Waals surface area contributed by atoms with E-state index in [0.29, 0.717) is 0 Å². The van der Waals surface area contributed by atoms with Crippen LogP contribution in [0.3, 0.4) is 0 Å². The number of thiophene rings is 1. The van der Waals surface area contributed by atoms with E-state index in [1.807, 2.05) is 0 Å². The van der Waals surface area contributed by atoms with Crippen LogP contribution < -0.4 is 0 Å². The molecule has 1 heterocycles. The highest BCUT2D eigenvalue weighted by Gasteiger charge is 2.37. The minimum atomic E-state index is -1.64. The van der Waals surface area contributed by atoms with Crippen molar-refractivity contribution in [1.82, 2.24) is 0 Å². The van der Waals surface area contributed by atoms with E-state index in [0.717, 1.165) is 6.61 Å². The highest BCUT2D eigenvalue weighted by molar-refractivity contribution is 7.08. The summed E-state index contributed by atoms with van der Waals surface area (Å²) in [4.78, 5) is 0. The summed E-state index contributed by atoms with van der Waals surface area (Å²) in [6, 6.07) is 0. The summed E-state index contributed by atoms with van der Waals surface area (Å²) >= 11 is 1.79. The van der Waals surface area contributed by atoms with Gasteiger partial charge in [0.15, 0.2) is 8.32 Å². The van der Waals surface area contributed by atoms with Crippen LogP contribution in [0.15, 0.2) is 10.8 Å². The first-order valence-corrected chi connectivity index (χ1v) is 10.5. The molecular weight excluding hydrogens is 256 g/mol. The predicted molar refractivity (Wildman–Crippen MR) is 85.0 cm³/mol. The van der Waals surface area contributed by atoms with E-state index in [4.69, 9.17) is 4.43 Å². The molecule has 0 bridgehead atoms. The second-order valence-corrected chi connectivity index (χ2v) is 13.2. The maximum Gasteiger partial charge on any atom is 0.192 e. The van der Waals surface area contributed by atoms with E-state index in [1.54, 1.807) is 11.3 Å². The SMILES string of the molecule is CC(C)(C)c1cscc1CO[Si](C)(C)C(C)(C)C. The monoisotopic (exact) mass is 284 g/mol. The molecule has 0 atom stereocenters. The molecule has 0 radical (unpaired) electrons. The van der Waals surface area contributed by atoms with Crippen molar-refractivity contribution in [3.8, 4) is 0 Å². The smallest absolute Gasteiger partial charge is 0.192 e. The molecule has 0 fully saturated rings. The van der Waals surface area contributed by atoms with E-state index in [2.05, 4.69) is 65.4 Å². The van der Waals surface area contributed by atoms with Gasteiger partial charge in [0.2, 0.25) is 0 Å². The molecule has 104 valence electrons. The van der Waals surface area contributed by atoms with Crippen LogP contribution in [0, 0.1) is 0 Å². The Morgan fingerprint density at radius 1 is 1.06 bits per heavy atom. The molecule has 0 aliphatic heterocycles. The third kappa shape index (κ3) is 3.69. The Morgan fingerprint density at radius 2 is 1.61 bits per heavy atom. The molecule has 18 heavy (non-hydrogen) atoms. The van der Waals surface area contributed by atoms with Crippen molar-refractivity contribution in [2.75, 3.05) is 0 Å². The molecule has 3 heteroatoms. The van der Waals surface area contributed by atoms with Gasteiger partial charge in [0.1, 0.15) is 0 Å². The molecule has 0 N–H and O–H groups in total. The maximum absolute atomic E-state index is 6.32. The second kappa shape index (κ2) is 5.10. The van der Waals surface area contributed by atoms with Crippen molar-refractivity contribution in [2.24, 2.45) is 0 Å². The highest BCUT2D eigenvalue weighted by Crippen LogP contribution is 2.38. The van der Waals surface area contributed by atoms with Crippen molar-refractivity contribution in [3.63, 3.8) is 0 Å². The van der Waals surface area contributed by atoms with Crippen LogP contribution in [0.4, 0.5) is 0 Å². The van der Waals surface area contributed by atoms with E-state index >= 15 is 0 Å². The van der Waals surface area contributed by atoms with Crippen molar-refractivity contribution < 1.29 is 4.43 Å². The minimum absolute atomic E-state index is 0.214. The normalized spacial score (nSPS) is 14.0. The summed E-state index contributed by atoms with van der Waals surface area (Å²) in [5, 5.41) is 4.79. The zero-order valence-corrected chi connectivity index (χ0v) is 15.0. The summed E-state index contributed by atoms with van der Waals surface area (Å²) < 4.78 is 6.32. The van der Waals surface area contributed by atoms with Gasteiger partial charge in [0.25, 0.3) is 0 Å². The Balaban J connectivity index is 2.80. The number of hydrogen-bond acceptors (Lipinski definition) is 2. The van der Waals surface area contributed by atoms with Crippen molar-refractivity contribution in [3.05, 3.63) is 21.9 Å². The van der Waals surface area contributed by atoms with Gasteiger partial charge in [-0.25, -0.2) is 0 Å². The van der Waals surface area contributed by atoms with Gasteiger partial charge in [0, 0.05) is 0 Å². The number of rotatable bonds is 3. The average molecular weight is 285 g/mol. The molecule has 0 aromatic carbocycles. The summed E-state index contributed by atoms with van der Waals surface area (Å²) in [6.07, 6.45) is 0. The fraction of sp³-hybridized carbons (Fsp3) is 0.733. The Labute approximate surface area is 118 Å². The van der Waals surface area contributed by atoms with E-state index in [9.17, 15) is 0 Å². The Hall–Kier alpha value is -0.123. The molecule has 0 aliphatic carbocycles. The molecular formula is C15H28OSSi. The molecule has 0 saturated heterocycles. The summed E-state index contributed by atoms with van der Waals surface area (Å²) in [5.74, 6) is 0. The van der Waals surface area contributed by atoms with E-state index < -0.39 is 8.32 Å². The molecule has 0 amide bonds. The molecule has 1 rings (SSSR count). The van der Waals surface area contributed by atoms with E-state index in [1.165, 1.54) is 11.1 Å². The molecule has 0 aliphatic rings. The second-order valence-electron chi connectivity index (χ2n) is 7.61. The van der Waals surface area contributed by atoms with Gasteiger partial charge < -0.3 is 4.43 Å². The van der Waals surface area contributed by atoms with Crippen molar-refractivity contribution >= 4 is 19.7 Å². The zero-order chi connectivity index (χ0) is 14.2. The summed E-state index contributed by atoms with van der Waals surface area (Å²) in [6.45, 7) is 19.1. The zero-order valence-electron chi connectivity index (χ0n) is 13.2. The van der Waals surface area contributed by atoms with Gasteiger partial charge in [0.05, 0.1) is 6.61 Å². The quantitative estimate of drug-likeness (QED) is 0.660. The van der Waals surface area contributed by atoms with Crippen LogP contribution in [-0.4, -0.2) is 8.32 Å². The van der Waals surface area contributed by atoms with E-state index in [-0.39, 0.29) is 10.5 Å². The third-order valence-electron chi connectivity index (χ3n) is 3.94. The van der Waals surface area contributed by atoms with Crippen molar-refractivity contribution in [2.45, 2.75) is 71.7 Å². The lowest BCUT2D eigenvalue weighted by Gasteiger charge is -2.36. The average Bonchev–Trinajstić information content (AvgIpc) is 2.59. The number of hydrogen-bond donors (Lipinski definition) is 0. The van der Waals surface area contributed by atoms with Crippen LogP contribution in [0.1, 0.15) is 52.7 Å². The third-order valence-corrected chi connectivity index (χ3v) is 9.22. The lowest BCUT2D eigenvalue weighted by molar-refractivity contribution is 0.274. The van der Waals surface area contributed by atoms with Gasteiger partial charge >= 0.3 is 0 Å². The Kier molecular flexibility index (Phi) is 4.52. The molecule has 1 aromatic rings. The van der Waals surface area contributed by atoms with Crippen LogP contribution in [0.5, 0.6) is 0 Å². The molecule has 1 nitrogen and oxygen atoms in total. The first-order chi connectivity index (χ1) is 7.95. The molecule has 0 saturated carbocycles. The first kappa shape index (κ1) is 15.9. The predicted octanol–water partition coefficient (Wildman–Crippen LogP) is 5.57. The van der Waals surface area contributed by atoms with Gasteiger partial charge in [-0.1, -0.05) is 41.5 Å². The summed E-state index contributed by atoms with van der Waals surface area (Å²) in [5.41, 5.74) is 3.02. The van der Waals surface area contributed by atoms with Crippen LogP contribution >= 0.6 is 11.3 Å². The minimum Gasteiger partial charge on any atom is -0.413 e. The largest absolute Gasteiger partial charge is 0.413 e. The van der Waals surface area contributed by atoms with Crippen LogP contribution in [-0.2, 0) is 16.4 Å². The van der Waals surface area contributed by atoms with Crippen LogP contribution in [0.2, 0.25) is 18.1 Å². The van der Waals surface area contributed by atoms with Crippen molar-refractivity contribution in [1.29, 1.82) is 0 Å². The Morgan fingerprint density at radius 3 is 2.06 bits per heavy atom. The highest BCUT2D eigenvalue weighted by atomic mass is 32.1. The molecule has 0 spiro atoms. The maximum atomic E-state index is 6.32.